The molecule has 25 heavy (non-hydrogen) atoms. The van der Waals surface area contributed by atoms with E-state index in [9.17, 15) is 4.79 Å². The van der Waals surface area contributed by atoms with Crippen LogP contribution in [0.1, 0.15) is 28.7 Å². The predicted octanol–water partition coefficient (Wildman–Crippen LogP) is 5.28. The third-order valence-corrected chi connectivity index (χ3v) is 5.22. The van der Waals surface area contributed by atoms with E-state index in [-0.39, 0.29) is 5.91 Å². The molecule has 128 valence electrons. The van der Waals surface area contributed by atoms with Crippen molar-refractivity contribution in [2.75, 3.05) is 0 Å². The Morgan fingerprint density at radius 3 is 2.64 bits per heavy atom. The SMILES string of the molecule is Cc1ccc(CCC(=O)NCc2ccccc2-c2ccsc2)cc1C. The lowest BCUT2D eigenvalue weighted by molar-refractivity contribution is -0.121. The molecule has 3 heteroatoms. The fourth-order valence-corrected chi connectivity index (χ4v) is 3.53. The summed E-state index contributed by atoms with van der Waals surface area (Å²) in [7, 11) is 0. The summed E-state index contributed by atoms with van der Waals surface area (Å²) in [5.74, 6) is 0.0957. The van der Waals surface area contributed by atoms with Gasteiger partial charge in [-0.25, -0.2) is 0 Å². The second-order valence-electron chi connectivity index (χ2n) is 6.36. The van der Waals surface area contributed by atoms with E-state index in [1.54, 1.807) is 11.3 Å². The van der Waals surface area contributed by atoms with Gasteiger partial charge in [-0.15, -0.1) is 0 Å². The first kappa shape index (κ1) is 17.4. The largest absolute Gasteiger partial charge is 0.352 e. The summed E-state index contributed by atoms with van der Waals surface area (Å²) in [6.45, 7) is 4.79. The molecule has 0 saturated carbocycles. The van der Waals surface area contributed by atoms with Crippen molar-refractivity contribution in [2.24, 2.45) is 0 Å². The third kappa shape index (κ3) is 4.58. The lowest BCUT2D eigenvalue weighted by Crippen LogP contribution is -2.23. The Kier molecular flexibility index (Phi) is 5.67. The number of benzene rings is 2. The smallest absolute Gasteiger partial charge is 0.220 e. The first-order chi connectivity index (χ1) is 12.1. The van der Waals surface area contributed by atoms with Crippen molar-refractivity contribution >= 4 is 17.2 Å². The van der Waals surface area contributed by atoms with Gasteiger partial charge >= 0.3 is 0 Å². The number of carbonyl (C=O) groups is 1. The maximum atomic E-state index is 12.2. The zero-order chi connectivity index (χ0) is 17.6. The van der Waals surface area contributed by atoms with E-state index < -0.39 is 0 Å². The molecule has 1 heterocycles. The minimum atomic E-state index is 0.0957. The maximum absolute atomic E-state index is 12.2. The Morgan fingerprint density at radius 2 is 1.88 bits per heavy atom. The molecule has 0 aliphatic carbocycles. The number of carbonyl (C=O) groups excluding carboxylic acids is 1. The van der Waals surface area contributed by atoms with Crippen LogP contribution >= 0.6 is 11.3 Å². The normalized spacial score (nSPS) is 10.6. The molecule has 1 amide bonds. The van der Waals surface area contributed by atoms with Crippen LogP contribution in [-0.4, -0.2) is 5.91 Å². The summed E-state index contributed by atoms with van der Waals surface area (Å²) in [5, 5.41) is 7.28. The highest BCUT2D eigenvalue weighted by molar-refractivity contribution is 7.08. The molecule has 0 unspecified atom stereocenters. The number of amides is 1. The van der Waals surface area contributed by atoms with E-state index in [4.69, 9.17) is 0 Å². The van der Waals surface area contributed by atoms with Gasteiger partial charge < -0.3 is 5.32 Å². The predicted molar refractivity (Wildman–Crippen MR) is 106 cm³/mol. The first-order valence-corrected chi connectivity index (χ1v) is 9.51. The van der Waals surface area contributed by atoms with Crippen molar-refractivity contribution in [2.45, 2.75) is 33.2 Å². The van der Waals surface area contributed by atoms with Gasteiger partial charge in [0.05, 0.1) is 0 Å². The van der Waals surface area contributed by atoms with Gasteiger partial charge in [-0.2, -0.15) is 11.3 Å². The van der Waals surface area contributed by atoms with Gasteiger partial charge in [-0.3, -0.25) is 4.79 Å². The number of hydrogen-bond acceptors (Lipinski definition) is 2. The summed E-state index contributed by atoms with van der Waals surface area (Å²) in [4.78, 5) is 12.2. The molecule has 0 radical (unpaired) electrons. The lowest BCUT2D eigenvalue weighted by Gasteiger charge is -2.10. The molecule has 1 N–H and O–H groups in total. The molecular formula is C22H23NOS. The topological polar surface area (TPSA) is 29.1 Å². The Morgan fingerprint density at radius 1 is 1.04 bits per heavy atom. The minimum absolute atomic E-state index is 0.0957. The quantitative estimate of drug-likeness (QED) is 0.644. The summed E-state index contributed by atoms with van der Waals surface area (Å²) in [5.41, 5.74) is 7.35. The number of hydrogen-bond donors (Lipinski definition) is 1. The lowest BCUT2D eigenvalue weighted by atomic mass is 10.0. The monoisotopic (exact) mass is 349 g/mol. The van der Waals surface area contributed by atoms with Crippen LogP contribution in [0.5, 0.6) is 0 Å². The number of rotatable bonds is 6. The van der Waals surface area contributed by atoms with E-state index in [1.807, 2.05) is 12.1 Å². The molecule has 0 aliphatic heterocycles. The van der Waals surface area contributed by atoms with E-state index >= 15 is 0 Å². The van der Waals surface area contributed by atoms with Crippen molar-refractivity contribution in [3.8, 4) is 11.1 Å². The van der Waals surface area contributed by atoms with Gasteiger partial charge in [-0.1, -0.05) is 42.5 Å². The summed E-state index contributed by atoms with van der Waals surface area (Å²) >= 11 is 1.69. The van der Waals surface area contributed by atoms with E-state index in [2.05, 4.69) is 66.3 Å². The highest BCUT2D eigenvalue weighted by atomic mass is 32.1. The van der Waals surface area contributed by atoms with Crippen molar-refractivity contribution in [3.05, 3.63) is 81.5 Å². The molecule has 0 saturated heterocycles. The van der Waals surface area contributed by atoms with E-state index in [1.165, 1.54) is 27.8 Å². The zero-order valence-corrected chi connectivity index (χ0v) is 15.5. The van der Waals surface area contributed by atoms with Crippen molar-refractivity contribution in [1.82, 2.24) is 5.32 Å². The molecular weight excluding hydrogens is 326 g/mol. The highest BCUT2D eigenvalue weighted by Crippen LogP contribution is 2.25. The van der Waals surface area contributed by atoms with Gasteiger partial charge in [0.2, 0.25) is 5.91 Å². The molecule has 0 atom stereocenters. The minimum Gasteiger partial charge on any atom is -0.352 e. The van der Waals surface area contributed by atoms with Crippen LogP contribution in [0.15, 0.2) is 59.3 Å². The van der Waals surface area contributed by atoms with Crippen LogP contribution in [-0.2, 0) is 17.8 Å². The summed E-state index contributed by atoms with van der Waals surface area (Å²) < 4.78 is 0. The second-order valence-corrected chi connectivity index (χ2v) is 7.14. The molecule has 0 spiro atoms. The summed E-state index contributed by atoms with van der Waals surface area (Å²) in [6, 6.07) is 16.8. The van der Waals surface area contributed by atoms with E-state index in [0.717, 1.165) is 12.0 Å². The molecule has 1 aromatic heterocycles. The van der Waals surface area contributed by atoms with Crippen LogP contribution in [0.4, 0.5) is 0 Å². The number of thiophene rings is 1. The number of nitrogens with one attached hydrogen (secondary N) is 1. The molecule has 0 bridgehead atoms. The van der Waals surface area contributed by atoms with Crippen LogP contribution in [0.3, 0.4) is 0 Å². The van der Waals surface area contributed by atoms with Crippen molar-refractivity contribution < 1.29 is 4.79 Å². The Bertz CT molecular complexity index is 852. The molecule has 3 rings (SSSR count). The van der Waals surface area contributed by atoms with Crippen LogP contribution < -0.4 is 5.32 Å². The molecule has 0 aliphatic rings. The van der Waals surface area contributed by atoms with Crippen LogP contribution in [0.2, 0.25) is 0 Å². The highest BCUT2D eigenvalue weighted by Gasteiger charge is 2.07. The fourth-order valence-electron chi connectivity index (χ4n) is 2.87. The summed E-state index contributed by atoms with van der Waals surface area (Å²) in [6.07, 6.45) is 1.29. The average molecular weight is 349 g/mol. The third-order valence-electron chi connectivity index (χ3n) is 4.54. The van der Waals surface area contributed by atoms with Gasteiger partial charge in [0.25, 0.3) is 0 Å². The molecule has 2 aromatic carbocycles. The molecule has 0 fully saturated rings. The number of aryl methyl sites for hydroxylation is 3. The Labute approximate surface area is 153 Å². The molecule has 2 nitrogen and oxygen atoms in total. The first-order valence-electron chi connectivity index (χ1n) is 8.57. The standard InChI is InChI=1S/C22H23NOS/c1-16-7-8-18(13-17(16)2)9-10-22(24)23-14-19-5-3-4-6-21(19)20-11-12-25-15-20/h3-8,11-13,15H,9-10,14H2,1-2H3,(H,23,24). The van der Waals surface area contributed by atoms with Crippen LogP contribution in [0.25, 0.3) is 11.1 Å². The van der Waals surface area contributed by atoms with Gasteiger partial charge in [0.15, 0.2) is 0 Å². The average Bonchev–Trinajstić information content (AvgIpc) is 3.15. The van der Waals surface area contributed by atoms with Crippen molar-refractivity contribution in [1.29, 1.82) is 0 Å². The van der Waals surface area contributed by atoms with Gasteiger partial charge in [0.1, 0.15) is 0 Å². The Hall–Kier alpha value is -2.39. The van der Waals surface area contributed by atoms with Gasteiger partial charge in [0, 0.05) is 13.0 Å². The zero-order valence-electron chi connectivity index (χ0n) is 14.7. The Balaban J connectivity index is 1.57. The van der Waals surface area contributed by atoms with E-state index in [0.29, 0.717) is 13.0 Å². The maximum Gasteiger partial charge on any atom is 0.220 e. The fraction of sp³-hybridized carbons (Fsp3) is 0.227. The second kappa shape index (κ2) is 8.13. The molecule has 3 aromatic rings. The van der Waals surface area contributed by atoms with Gasteiger partial charge in [-0.05, 0) is 70.5 Å². The van der Waals surface area contributed by atoms with Crippen molar-refractivity contribution in [3.63, 3.8) is 0 Å². The van der Waals surface area contributed by atoms with Crippen LogP contribution in [0, 0.1) is 13.8 Å².